The Morgan fingerprint density at radius 3 is 2.75 bits per heavy atom. The third-order valence-corrected chi connectivity index (χ3v) is 3.82. The number of ether oxygens (including phenoxy) is 1. The molecule has 0 saturated carbocycles. The lowest BCUT2D eigenvalue weighted by molar-refractivity contribution is 0.0945. The molecule has 0 aromatic heterocycles. The van der Waals surface area contributed by atoms with Crippen molar-refractivity contribution in [2.75, 3.05) is 13.2 Å². The van der Waals surface area contributed by atoms with E-state index in [0.717, 1.165) is 5.56 Å². The molecule has 4 heteroatoms. The highest BCUT2D eigenvalue weighted by Gasteiger charge is 2.09. The highest BCUT2D eigenvalue weighted by molar-refractivity contribution is 5.94. The number of aliphatic hydroxyl groups excluding tert-OH is 1. The number of hydrogen-bond donors (Lipinski definition) is 2. The van der Waals surface area contributed by atoms with Gasteiger partial charge >= 0.3 is 0 Å². The molecule has 1 atom stereocenters. The van der Waals surface area contributed by atoms with Gasteiger partial charge < -0.3 is 15.2 Å². The van der Waals surface area contributed by atoms with Gasteiger partial charge in [0.05, 0.1) is 0 Å². The minimum Gasteiger partial charge on any atom is -0.489 e. The van der Waals surface area contributed by atoms with Crippen LogP contribution in [0.4, 0.5) is 0 Å². The lowest BCUT2D eigenvalue weighted by atomic mass is 10.1. The fourth-order valence-electron chi connectivity index (χ4n) is 2.39. The molecule has 0 fully saturated rings. The molecule has 0 saturated heterocycles. The molecular weight excluding hydrogens is 302 g/mol. The van der Waals surface area contributed by atoms with Crippen molar-refractivity contribution in [3.63, 3.8) is 0 Å². The van der Waals surface area contributed by atoms with Gasteiger partial charge in [-0.1, -0.05) is 42.8 Å². The summed E-state index contributed by atoms with van der Waals surface area (Å²) in [5.74, 6) is 0.799. The van der Waals surface area contributed by atoms with Crippen LogP contribution in [0.5, 0.6) is 5.75 Å². The van der Waals surface area contributed by atoms with Crippen LogP contribution < -0.4 is 10.1 Å². The molecule has 2 rings (SSSR count). The van der Waals surface area contributed by atoms with Crippen molar-refractivity contribution in [3.05, 3.63) is 65.2 Å². The Morgan fingerprint density at radius 1 is 1.21 bits per heavy atom. The zero-order chi connectivity index (χ0) is 17.4. The van der Waals surface area contributed by atoms with Gasteiger partial charge in [-0.25, -0.2) is 0 Å². The zero-order valence-electron chi connectivity index (χ0n) is 14.3. The van der Waals surface area contributed by atoms with Crippen molar-refractivity contribution in [2.24, 2.45) is 5.92 Å². The molecule has 24 heavy (non-hydrogen) atoms. The normalized spacial score (nSPS) is 11.8. The highest BCUT2D eigenvalue weighted by Crippen LogP contribution is 2.16. The SMILES string of the molecule is Cc1cccc(COc2cccc(C(=O)NCC(C)CCO)c2)c1. The first-order chi connectivity index (χ1) is 11.6. The van der Waals surface area contributed by atoms with E-state index in [0.29, 0.717) is 30.9 Å². The van der Waals surface area contributed by atoms with Crippen LogP contribution in [0.1, 0.15) is 34.8 Å². The van der Waals surface area contributed by atoms with E-state index >= 15 is 0 Å². The van der Waals surface area contributed by atoms with Crippen LogP contribution in [0.15, 0.2) is 48.5 Å². The Kier molecular flexibility index (Phi) is 6.82. The van der Waals surface area contributed by atoms with Gasteiger partial charge in [-0.3, -0.25) is 4.79 Å². The molecule has 0 spiro atoms. The van der Waals surface area contributed by atoms with E-state index in [1.54, 1.807) is 12.1 Å². The number of benzene rings is 2. The molecule has 1 unspecified atom stereocenters. The highest BCUT2D eigenvalue weighted by atomic mass is 16.5. The van der Waals surface area contributed by atoms with Gasteiger partial charge in [0.25, 0.3) is 5.91 Å². The average molecular weight is 327 g/mol. The molecule has 0 radical (unpaired) electrons. The van der Waals surface area contributed by atoms with Crippen LogP contribution in [-0.2, 0) is 6.61 Å². The Labute approximate surface area is 143 Å². The molecule has 0 aliphatic rings. The molecule has 4 nitrogen and oxygen atoms in total. The number of amides is 1. The fraction of sp³-hybridized carbons (Fsp3) is 0.350. The van der Waals surface area contributed by atoms with Crippen LogP contribution >= 0.6 is 0 Å². The summed E-state index contributed by atoms with van der Waals surface area (Å²) in [7, 11) is 0. The molecular formula is C20H25NO3. The third kappa shape index (κ3) is 5.70. The number of carbonyl (C=O) groups excluding carboxylic acids is 1. The summed E-state index contributed by atoms with van der Waals surface area (Å²) in [5.41, 5.74) is 2.87. The van der Waals surface area contributed by atoms with Crippen molar-refractivity contribution in [1.29, 1.82) is 0 Å². The topological polar surface area (TPSA) is 58.6 Å². The van der Waals surface area contributed by atoms with Crippen LogP contribution in [0.2, 0.25) is 0 Å². The molecule has 1 amide bonds. The molecule has 2 N–H and O–H groups in total. The summed E-state index contributed by atoms with van der Waals surface area (Å²) in [6.07, 6.45) is 0.680. The van der Waals surface area contributed by atoms with Crippen molar-refractivity contribution < 1.29 is 14.6 Å². The standard InChI is InChI=1S/C20H25NO3/c1-15-5-3-6-17(11-15)14-24-19-8-4-7-18(12-19)20(23)21-13-16(2)9-10-22/h3-8,11-12,16,22H,9-10,13-14H2,1-2H3,(H,21,23). The Morgan fingerprint density at radius 2 is 2.00 bits per heavy atom. The first-order valence-electron chi connectivity index (χ1n) is 8.26. The van der Waals surface area contributed by atoms with Gasteiger partial charge in [0.1, 0.15) is 12.4 Å². The molecule has 2 aromatic carbocycles. The number of hydrogen-bond acceptors (Lipinski definition) is 3. The minimum atomic E-state index is -0.124. The molecule has 0 heterocycles. The molecule has 0 aliphatic carbocycles. The summed E-state index contributed by atoms with van der Waals surface area (Å²) < 4.78 is 5.79. The summed E-state index contributed by atoms with van der Waals surface area (Å²) >= 11 is 0. The average Bonchev–Trinajstić information content (AvgIpc) is 2.58. The summed E-state index contributed by atoms with van der Waals surface area (Å²) in [6, 6.07) is 15.3. The van der Waals surface area contributed by atoms with Crippen molar-refractivity contribution in [2.45, 2.75) is 26.9 Å². The van der Waals surface area contributed by atoms with Gasteiger partial charge in [0.15, 0.2) is 0 Å². The Bertz CT molecular complexity index is 669. The largest absolute Gasteiger partial charge is 0.489 e. The zero-order valence-corrected chi connectivity index (χ0v) is 14.3. The predicted octanol–water partition coefficient (Wildman–Crippen LogP) is 3.32. The number of rotatable bonds is 8. The molecule has 128 valence electrons. The van der Waals surface area contributed by atoms with Crippen molar-refractivity contribution >= 4 is 5.91 Å². The Balaban J connectivity index is 1.92. The monoisotopic (exact) mass is 327 g/mol. The maximum Gasteiger partial charge on any atom is 0.251 e. The smallest absolute Gasteiger partial charge is 0.251 e. The minimum absolute atomic E-state index is 0.124. The van der Waals surface area contributed by atoms with E-state index < -0.39 is 0 Å². The number of aliphatic hydroxyl groups is 1. The van der Waals surface area contributed by atoms with E-state index in [2.05, 4.69) is 11.4 Å². The van der Waals surface area contributed by atoms with Crippen LogP contribution in [0.3, 0.4) is 0 Å². The first-order valence-corrected chi connectivity index (χ1v) is 8.26. The van der Waals surface area contributed by atoms with Gasteiger partial charge in [-0.2, -0.15) is 0 Å². The Hall–Kier alpha value is -2.33. The predicted molar refractivity (Wildman–Crippen MR) is 95.2 cm³/mol. The van der Waals surface area contributed by atoms with Gasteiger partial charge in [0, 0.05) is 18.7 Å². The summed E-state index contributed by atoms with van der Waals surface area (Å²) in [4.78, 5) is 12.2. The number of aryl methyl sites for hydroxylation is 1. The summed E-state index contributed by atoms with van der Waals surface area (Å²) in [5, 5.41) is 11.8. The second-order valence-electron chi connectivity index (χ2n) is 6.13. The van der Waals surface area contributed by atoms with E-state index in [1.165, 1.54) is 5.56 Å². The van der Waals surface area contributed by atoms with E-state index in [9.17, 15) is 4.79 Å². The first kappa shape index (κ1) is 18.0. The molecule has 0 aliphatic heterocycles. The summed E-state index contributed by atoms with van der Waals surface area (Å²) in [6.45, 7) is 5.21. The second-order valence-corrected chi connectivity index (χ2v) is 6.13. The van der Waals surface area contributed by atoms with E-state index in [-0.39, 0.29) is 18.4 Å². The van der Waals surface area contributed by atoms with Crippen LogP contribution in [-0.4, -0.2) is 24.2 Å². The van der Waals surface area contributed by atoms with Crippen LogP contribution in [0, 0.1) is 12.8 Å². The third-order valence-electron chi connectivity index (χ3n) is 3.82. The maximum absolute atomic E-state index is 12.2. The van der Waals surface area contributed by atoms with Gasteiger partial charge in [0.2, 0.25) is 0 Å². The van der Waals surface area contributed by atoms with Crippen molar-refractivity contribution in [3.8, 4) is 5.75 Å². The van der Waals surface area contributed by atoms with E-state index in [1.807, 2.05) is 44.2 Å². The number of carbonyl (C=O) groups is 1. The fourth-order valence-corrected chi connectivity index (χ4v) is 2.39. The van der Waals surface area contributed by atoms with Crippen molar-refractivity contribution in [1.82, 2.24) is 5.32 Å². The molecule has 0 bridgehead atoms. The van der Waals surface area contributed by atoms with Gasteiger partial charge in [-0.05, 0) is 43.0 Å². The maximum atomic E-state index is 12.2. The lowest BCUT2D eigenvalue weighted by Gasteiger charge is -2.12. The second kappa shape index (κ2) is 9.08. The van der Waals surface area contributed by atoms with E-state index in [4.69, 9.17) is 9.84 Å². The lowest BCUT2D eigenvalue weighted by Crippen LogP contribution is -2.28. The quantitative estimate of drug-likeness (QED) is 0.782. The van der Waals surface area contributed by atoms with Gasteiger partial charge in [-0.15, -0.1) is 0 Å². The number of nitrogens with one attached hydrogen (secondary N) is 1. The van der Waals surface area contributed by atoms with Crippen LogP contribution in [0.25, 0.3) is 0 Å². The molecule has 2 aromatic rings.